The largest absolute Gasteiger partial charge is 0.337 e. The van der Waals surface area contributed by atoms with Gasteiger partial charge < -0.3 is 5.32 Å². The molecule has 1 N–H and O–H groups in total. The lowest BCUT2D eigenvalue weighted by atomic mass is 10.2. The van der Waals surface area contributed by atoms with E-state index in [1.807, 2.05) is 18.2 Å². The summed E-state index contributed by atoms with van der Waals surface area (Å²) in [7, 11) is 0. The van der Waals surface area contributed by atoms with Gasteiger partial charge in [-0.25, -0.2) is 14.4 Å². The molecule has 4 rings (SSSR count). The lowest BCUT2D eigenvalue weighted by Gasteiger charge is -2.11. The highest BCUT2D eigenvalue weighted by Gasteiger charge is 2.14. The Morgan fingerprint density at radius 1 is 1.00 bits per heavy atom. The van der Waals surface area contributed by atoms with E-state index in [0.717, 1.165) is 23.8 Å². The molecule has 0 aliphatic heterocycles. The molecule has 0 spiro atoms. The van der Waals surface area contributed by atoms with Gasteiger partial charge in [0.25, 0.3) is 5.69 Å². The first-order valence-electron chi connectivity index (χ1n) is 8.00. The van der Waals surface area contributed by atoms with Crippen LogP contribution in [0.15, 0.2) is 67.0 Å². The highest BCUT2D eigenvalue weighted by molar-refractivity contribution is 5.92. The fourth-order valence-corrected chi connectivity index (χ4v) is 2.65. The van der Waals surface area contributed by atoms with Crippen LogP contribution in [0.5, 0.6) is 0 Å². The Morgan fingerprint density at radius 2 is 1.78 bits per heavy atom. The first kappa shape index (κ1) is 16.5. The van der Waals surface area contributed by atoms with E-state index in [9.17, 15) is 14.5 Å². The van der Waals surface area contributed by atoms with Crippen molar-refractivity contribution >= 4 is 28.1 Å². The third-order valence-electron chi connectivity index (χ3n) is 3.96. The zero-order valence-electron chi connectivity index (χ0n) is 13.8. The average Bonchev–Trinajstić information content (AvgIpc) is 2.70. The number of halogens is 1. The maximum atomic E-state index is 14.2. The molecule has 7 nitrogen and oxygen atoms in total. The number of aromatic nitrogens is 3. The summed E-state index contributed by atoms with van der Waals surface area (Å²) >= 11 is 0. The molecule has 0 atom stereocenters. The number of pyridine rings is 1. The van der Waals surface area contributed by atoms with Crippen molar-refractivity contribution in [1.29, 1.82) is 0 Å². The van der Waals surface area contributed by atoms with Crippen molar-refractivity contribution in [1.82, 2.24) is 15.0 Å². The van der Waals surface area contributed by atoms with Crippen LogP contribution in [0.1, 0.15) is 0 Å². The molecule has 0 saturated heterocycles. The Balaban J connectivity index is 1.86. The molecule has 2 heterocycles. The topological polar surface area (TPSA) is 93.8 Å². The van der Waals surface area contributed by atoms with E-state index in [1.165, 1.54) is 0 Å². The van der Waals surface area contributed by atoms with Crippen LogP contribution in [0.4, 0.5) is 21.6 Å². The number of benzene rings is 2. The molecule has 2 aromatic carbocycles. The molecular weight excluding hydrogens is 349 g/mol. The zero-order valence-corrected chi connectivity index (χ0v) is 13.8. The summed E-state index contributed by atoms with van der Waals surface area (Å²) in [6, 6.07) is 14.1. The van der Waals surface area contributed by atoms with Gasteiger partial charge in [-0.1, -0.05) is 12.1 Å². The van der Waals surface area contributed by atoms with Gasteiger partial charge in [0.15, 0.2) is 5.82 Å². The van der Waals surface area contributed by atoms with E-state index in [2.05, 4.69) is 20.3 Å². The molecular formula is C19H12FN5O2. The quantitative estimate of drug-likeness (QED) is 0.425. The van der Waals surface area contributed by atoms with E-state index >= 15 is 0 Å². The highest BCUT2D eigenvalue weighted by atomic mass is 19.1. The molecule has 0 radical (unpaired) electrons. The molecule has 4 aromatic rings. The van der Waals surface area contributed by atoms with Crippen molar-refractivity contribution in [2.75, 3.05) is 5.32 Å². The van der Waals surface area contributed by atoms with E-state index < -0.39 is 10.7 Å². The number of hydrogen-bond donors (Lipinski definition) is 1. The minimum absolute atomic E-state index is 0.0336. The van der Waals surface area contributed by atoms with E-state index in [0.29, 0.717) is 22.5 Å². The molecule has 2 aromatic heterocycles. The lowest BCUT2D eigenvalue weighted by Crippen LogP contribution is -2.01. The van der Waals surface area contributed by atoms with Gasteiger partial charge >= 0.3 is 0 Å². The Bertz CT molecular complexity index is 1150. The third kappa shape index (κ3) is 3.28. The van der Waals surface area contributed by atoms with Crippen LogP contribution in [-0.4, -0.2) is 19.9 Å². The number of para-hydroxylation sites is 1. The second-order valence-electron chi connectivity index (χ2n) is 5.70. The number of non-ortho nitro benzene ring substituents is 1. The van der Waals surface area contributed by atoms with E-state index in [4.69, 9.17) is 0 Å². The molecule has 0 unspecified atom stereocenters. The molecule has 132 valence electrons. The molecule has 8 heteroatoms. The van der Waals surface area contributed by atoms with Crippen LogP contribution >= 0.6 is 0 Å². The molecule has 0 aliphatic rings. The third-order valence-corrected chi connectivity index (χ3v) is 3.96. The van der Waals surface area contributed by atoms with E-state index in [-0.39, 0.29) is 11.4 Å². The van der Waals surface area contributed by atoms with E-state index in [1.54, 1.807) is 30.6 Å². The normalized spacial score (nSPS) is 10.7. The number of fused-ring (bicyclic) bond motifs is 1. The Labute approximate surface area is 152 Å². The smallest absolute Gasteiger partial charge is 0.271 e. The molecule has 27 heavy (non-hydrogen) atoms. The molecule has 0 fully saturated rings. The van der Waals surface area contributed by atoms with Gasteiger partial charge in [-0.2, -0.15) is 0 Å². The number of rotatable bonds is 4. The van der Waals surface area contributed by atoms with Crippen LogP contribution in [0.25, 0.3) is 22.3 Å². The summed E-state index contributed by atoms with van der Waals surface area (Å²) in [6.45, 7) is 0. The van der Waals surface area contributed by atoms with Gasteiger partial charge in [0, 0.05) is 35.5 Å². The number of nitro groups is 1. The summed E-state index contributed by atoms with van der Waals surface area (Å²) in [5.41, 5.74) is 1.16. The van der Waals surface area contributed by atoms with Crippen molar-refractivity contribution < 1.29 is 9.31 Å². The summed E-state index contributed by atoms with van der Waals surface area (Å²) in [5.74, 6) is 0.171. The predicted molar refractivity (Wildman–Crippen MR) is 99.1 cm³/mol. The SMILES string of the molecule is O=[N+]([O-])c1ccc(F)c(Nc2nc(-c3ccncc3)nc3ccccc23)c1. The maximum Gasteiger partial charge on any atom is 0.271 e. The van der Waals surface area contributed by atoms with Crippen LogP contribution in [0.3, 0.4) is 0 Å². The Morgan fingerprint density at radius 3 is 2.56 bits per heavy atom. The van der Waals surface area contributed by atoms with Crippen molar-refractivity contribution in [2.24, 2.45) is 0 Å². The predicted octanol–water partition coefficient (Wildman–Crippen LogP) is 4.48. The van der Waals surface area contributed by atoms with Crippen LogP contribution in [0.2, 0.25) is 0 Å². The highest BCUT2D eigenvalue weighted by Crippen LogP contribution is 2.29. The number of nitro benzene ring substituents is 1. The van der Waals surface area contributed by atoms with Gasteiger partial charge in [0.05, 0.1) is 16.1 Å². The second kappa shape index (κ2) is 6.75. The van der Waals surface area contributed by atoms with Crippen molar-refractivity contribution in [2.45, 2.75) is 0 Å². The van der Waals surface area contributed by atoms with Crippen LogP contribution in [0, 0.1) is 15.9 Å². The number of anilines is 2. The molecule has 0 amide bonds. The fraction of sp³-hybridized carbons (Fsp3) is 0. The number of nitrogens with one attached hydrogen (secondary N) is 1. The molecule has 0 saturated carbocycles. The zero-order chi connectivity index (χ0) is 18.8. The summed E-state index contributed by atoms with van der Waals surface area (Å²) in [5, 5.41) is 14.5. The van der Waals surface area contributed by atoms with Crippen molar-refractivity contribution in [3.05, 3.63) is 82.9 Å². The Hall–Kier alpha value is -3.94. The van der Waals surface area contributed by atoms with Gasteiger partial charge in [0.1, 0.15) is 11.6 Å². The molecule has 0 bridgehead atoms. The minimum Gasteiger partial charge on any atom is -0.337 e. The summed E-state index contributed by atoms with van der Waals surface area (Å²) in [6.07, 6.45) is 3.25. The standard InChI is InChI=1S/C19H12FN5O2/c20-15-6-5-13(25(26)27)11-17(15)23-19-14-3-1-2-4-16(14)22-18(24-19)12-7-9-21-10-8-12/h1-11H,(H,22,23,24). The number of nitrogens with zero attached hydrogens (tertiary/aromatic N) is 4. The van der Waals surface area contributed by atoms with Gasteiger partial charge in [0.2, 0.25) is 0 Å². The first-order valence-corrected chi connectivity index (χ1v) is 8.00. The Kier molecular flexibility index (Phi) is 4.13. The van der Waals surface area contributed by atoms with Crippen molar-refractivity contribution in [3.8, 4) is 11.4 Å². The van der Waals surface area contributed by atoms with Crippen LogP contribution in [-0.2, 0) is 0 Å². The van der Waals surface area contributed by atoms with Crippen molar-refractivity contribution in [3.63, 3.8) is 0 Å². The number of hydrogen-bond acceptors (Lipinski definition) is 6. The van der Waals surface area contributed by atoms with Gasteiger partial charge in [-0.3, -0.25) is 15.1 Å². The molecule has 0 aliphatic carbocycles. The fourth-order valence-electron chi connectivity index (χ4n) is 2.65. The second-order valence-corrected chi connectivity index (χ2v) is 5.70. The minimum atomic E-state index is -0.617. The average molecular weight is 361 g/mol. The lowest BCUT2D eigenvalue weighted by molar-refractivity contribution is -0.384. The van der Waals surface area contributed by atoms with Gasteiger partial charge in [-0.15, -0.1) is 0 Å². The monoisotopic (exact) mass is 361 g/mol. The van der Waals surface area contributed by atoms with Crippen LogP contribution < -0.4 is 5.32 Å². The summed E-state index contributed by atoms with van der Waals surface area (Å²) in [4.78, 5) is 23.4. The summed E-state index contributed by atoms with van der Waals surface area (Å²) < 4.78 is 14.2. The maximum absolute atomic E-state index is 14.2. The first-order chi connectivity index (χ1) is 13.1. The van der Waals surface area contributed by atoms with Gasteiger partial charge in [-0.05, 0) is 30.3 Å².